The number of benzene rings is 2. The van der Waals surface area contributed by atoms with E-state index in [4.69, 9.17) is 9.47 Å². The monoisotopic (exact) mass is 390 g/mol. The van der Waals surface area contributed by atoms with Crippen LogP contribution in [0.5, 0.6) is 11.5 Å². The molecule has 0 atom stereocenters. The highest BCUT2D eigenvalue weighted by molar-refractivity contribution is 7.92. The van der Waals surface area contributed by atoms with Crippen LogP contribution in [0.2, 0.25) is 0 Å². The Bertz CT molecular complexity index is 999. The number of nitrogens with one attached hydrogen (secondary N) is 2. The van der Waals surface area contributed by atoms with Crippen molar-refractivity contribution in [2.75, 3.05) is 23.8 Å². The number of anilines is 2. The molecule has 0 unspecified atom stereocenters. The van der Waals surface area contributed by atoms with Crippen molar-refractivity contribution in [3.05, 3.63) is 42.0 Å². The van der Waals surface area contributed by atoms with Gasteiger partial charge in [0.25, 0.3) is 10.0 Å². The van der Waals surface area contributed by atoms with E-state index in [1.807, 2.05) is 0 Å². The topological polar surface area (TPSA) is 93.7 Å². The van der Waals surface area contributed by atoms with Crippen molar-refractivity contribution in [2.24, 2.45) is 5.41 Å². The molecule has 27 heavy (non-hydrogen) atoms. The molecule has 1 aliphatic heterocycles. The van der Waals surface area contributed by atoms with Gasteiger partial charge in [-0.25, -0.2) is 8.42 Å². The minimum atomic E-state index is -3.78. The van der Waals surface area contributed by atoms with Crippen LogP contribution in [0.3, 0.4) is 0 Å². The van der Waals surface area contributed by atoms with Gasteiger partial charge < -0.3 is 14.8 Å². The van der Waals surface area contributed by atoms with E-state index in [2.05, 4.69) is 10.0 Å². The predicted octanol–water partition coefficient (Wildman–Crippen LogP) is 3.16. The van der Waals surface area contributed by atoms with Crippen molar-refractivity contribution in [3.8, 4) is 11.5 Å². The van der Waals surface area contributed by atoms with Gasteiger partial charge in [0.1, 0.15) is 18.1 Å². The van der Waals surface area contributed by atoms with Crippen molar-refractivity contribution < 1.29 is 22.7 Å². The number of carbonyl (C=O) groups is 1. The molecule has 0 radical (unpaired) electrons. The molecular weight excluding hydrogens is 368 g/mol. The number of aryl methyl sites for hydroxylation is 1. The van der Waals surface area contributed by atoms with Gasteiger partial charge in [-0.05, 0) is 56.7 Å². The molecule has 0 saturated heterocycles. The zero-order chi connectivity index (χ0) is 19.8. The lowest BCUT2D eigenvalue weighted by molar-refractivity contribution is -0.124. The highest BCUT2D eigenvalue weighted by Crippen LogP contribution is 2.35. The second-order valence-electron chi connectivity index (χ2n) is 7.07. The Morgan fingerprint density at radius 1 is 1.19 bits per heavy atom. The fraction of sp³-hybridized carbons (Fsp3) is 0.316. The number of amides is 1. The van der Waals surface area contributed by atoms with Crippen molar-refractivity contribution in [3.63, 3.8) is 0 Å². The summed E-state index contributed by atoms with van der Waals surface area (Å²) in [6.07, 6.45) is 0. The van der Waals surface area contributed by atoms with Crippen LogP contribution in [0.4, 0.5) is 11.4 Å². The Morgan fingerprint density at radius 2 is 1.93 bits per heavy atom. The highest BCUT2D eigenvalue weighted by Gasteiger charge is 2.32. The lowest BCUT2D eigenvalue weighted by Gasteiger charge is -2.18. The first-order chi connectivity index (χ1) is 12.6. The Hall–Kier alpha value is -2.74. The van der Waals surface area contributed by atoms with E-state index in [9.17, 15) is 13.2 Å². The van der Waals surface area contributed by atoms with Gasteiger partial charge >= 0.3 is 0 Å². The minimum absolute atomic E-state index is 0.131. The molecule has 3 rings (SSSR count). The molecule has 0 saturated carbocycles. The predicted molar refractivity (Wildman–Crippen MR) is 103 cm³/mol. The summed E-state index contributed by atoms with van der Waals surface area (Å²) in [7, 11) is -2.25. The normalized spacial score (nSPS) is 15.8. The van der Waals surface area contributed by atoms with E-state index in [1.54, 1.807) is 51.1 Å². The number of sulfonamides is 1. The molecule has 8 heteroatoms. The summed E-state index contributed by atoms with van der Waals surface area (Å²) in [5.41, 5.74) is 0.889. The fourth-order valence-corrected chi connectivity index (χ4v) is 3.79. The Kier molecular flexibility index (Phi) is 4.77. The maximum atomic E-state index is 12.7. The Morgan fingerprint density at radius 3 is 2.59 bits per heavy atom. The standard InChI is InChI=1S/C19H22N2O5S/c1-12-9-14(6-8-16(12)25-4)27(23,24)21-13-5-7-15-17(10-13)26-11-19(2,3)18(22)20-15/h5-10,21H,11H2,1-4H3,(H,20,22). The summed E-state index contributed by atoms with van der Waals surface area (Å²) < 4.78 is 38.8. The van der Waals surface area contributed by atoms with Gasteiger partial charge in [0.2, 0.25) is 5.91 Å². The summed E-state index contributed by atoms with van der Waals surface area (Å²) in [4.78, 5) is 12.3. The molecule has 0 spiro atoms. The number of hydrogen-bond donors (Lipinski definition) is 2. The quantitative estimate of drug-likeness (QED) is 0.836. The van der Waals surface area contributed by atoms with Crippen LogP contribution >= 0.6 is 0 Å². The summed E-state index contributed by atoms with van der Waals surface area (Å²) in [5, 5.41) is 2.80. The molecule has 2 aromatic rings. The molecule has 0 bridgehead atoms. The SMILES string of the molecule is COc1ccc(S(=O)(=O)Nc2ccc3c(c2)OCC(C)(C)C(=O)N3)cc1C. The van der Waals surface area contributed by atoms with E-state index < -0.39 is 15.4 Å². The smallest absolute Gasteiger partial charge is 0.261 e. The summed E-state index contributed by atoms with van der Waals surface area (Å²) in [6.45, 7) is 5.53. The zero-order valence-corrected chi connectivity index (χ0v) is 16.4. The molecule has 2 aromatic carbocycles. The molecule has 0 aromatic heterocycles. The van der Waals surface area contributed by atoms with Crippen LogP contribution in [0.1, 0.15) is 19.4 Å². The molecular formula is C19H22N2O5S. The number of ether oxygens (including phenoxy) is 2. The van der Waals surface area contributed by atoms with E-state index in [1.165, 1.54) is 13.2 Å². The number of methoxy groups -OCH3 is 1. The van der Waals surface area contributed by atoms with Crippen LogP contribution in [-0.2, 0) is 14.8 Å². The minimum Gasteiger partial charge on any atom is -0.496 e. The first-order valence-electron chi connectivity index (χ1n) is 8.38. The van der Waals surface area contributed by atoms with Gasteiger partial charge in [0.05, 0.1) is 28.8 Å². The van der Waals surface area contributed by atoms with Gasteiger partial charge in [-0.2, -0.15) is 0 Å². The van der Waals surface area contributed by atoms with E-state index >= 15 is 0 Å². The van der Waals surface area contributed by atoms with Crippen LogP contribution in [0.25, 0.3) is 0 Å². The maximum absolute atomic E-state index is 12.7. The molecule has 1 aliphatic rings. The van der Waals surface area contributed by atoms with Gasteiger partial charge in [0, 0.05) is 6.07 Å². The summed E-state index contributed by atoms with van der Waals surface area (Å²) >= 11 is 0. The summed E-state index contributed by atoms with van der Waals surface area (Å²) in [6, 6.07) is 9.40. The molecule has 1 heterocycles. The lowest BCUT2D eigenvalue weighted by atomic mass is 9.94. The number of hydrogen-bond acceptors (Lipinski definition) is 5. The molecule has 0 aliphatic carbocycles. The number of carbonyl (C=O) groups excluding carboxylic acids is 1. The molecule has 0 fully saturated rings. The molecule has 144 valence electrons. The van der Waals surface area contributed by atoms with E-state index in [0.29, 0.717) is 22.9 Å². The van der Waals surface area contributed by atoms with Crippen molar-refractivity contribution in [1.29, 1.82) is 0 Å². The van der Waals surface area contributed by atoms with Crippen LogP contribution in [0, 0.1) is 12.3 Å². The second-order valence-corrected chi connectivity index (χ2v) is 8.76. The maximum Gasteiger partial charge on any atom is 0.261 e. The highest BCUT2D eigenvalue weighted by atomic mass is 32.2. The fourth-order valence-electron chi connectivity index (χ4n) is 2.66. The Balaban J connectivity index is 1.87. The van der Waals surface area contributed by atoms with Crippen LogP contribution in [0.15, 0.2) is 41.3 Å². The summed E-state index contributed by atoms with van der Waals surface area (Å²) in [5.74, 6) is 0.883. The van der Waals surface area contributed by atoms with E-state index in [0.717, 1.165) is 5.56 Å². The molecule has 2 N–H and O–H groups in total. The molecule has 7 nitrogen and oxygen atoms in total. The molecule has 1 amide bonds. The lowest BCUT2D eigenvalue weighted by Crippen LogP contribution is -2.33. The van der Waals surface area contributed by atoms with Gasteiger partial charge in [-0.15, -0.1) is 0 Å². The van der Waals surface area contributed by atoms with Crippen molar-refractivity contribution in [2.45, 2.75) is 25.7 Å². The van der Waals surface area contributed by atoms with Gasteiger partial charge in [0.15, 0.2) is 0 Å². The average Bonchev–Trinajstić information content (AvgIpc) is 2.71. The van der Waals surface area contributed by atoms with Crippen molar-refractivity contribution in [1.82, 2.24) is 0 Å². The first-order valence-corrected chi connectivity index (χ1v) is 9.86. The van der Waals surface area contributed by atoms with E-state index in [-0.39, 0.29) is 17.4 Å². The average molecular weight is 390 g/mol. The van der Waals surface area contributed by atoms with Crippen LogP contribution < -0.4 is 19.5 Å². The third-order valence-corrected chi connectivity index (χ3v) is 5.74. The first kappa shape index (κ1) is 19.0. The number of rotatable bonds is 4. The third kappa shape index (κ3) is 3.85. The largest absolute Gasteiger partial charge is 0.496 e. The van der Waals surface area contributed by atoms with Gasteiger partial charge in [-0.1, -0.05) is 0 Å². The number of fused-ring (bicyclic) bond motifs is 1. The second kappa shape index (κ2) is 6.77. The Labute approximate surface area is 158 Å². The third-order valence-electron chi connectivity index (χ3n) is 4.36. The van der Waals surface area contributed by atoms with Crippen LogP contribution in [-0.4, -0.2) is 28.0 Å². The van der Waals surface area contributed by atoms with Crippen molar-refractivity contribution >= 4 is 27.3 Å². The van der Waals surface area contributed by atoms with Gasteiger partial charge in [-0.3, -0.25) is 9.52 Å². The zero-order valence-electron chi connectivity index (χ0n) is 15.6.